The van der Waals surface area contributed by atoms with E-state index in [2.05, 4.69) is 5.32 Å². The molecule has 4 aromatic carbocycles. The molecule has 0 saturated heterocycles. The number of fused-ring (bicyclic) bond motifs is 1. The van der Waals surface area contributed by atoms with Crippen LogP contribution in [0.25, 0.3) is 10.8 Å². The van der Waals surface area contributed by atoms with E-state index in [1.165, 1.54) is 7.11 Å². The van der Waals surface area contributed by atoms with Gasteiger partial charge in [-0.05, 0) is 40.1 Å². The van der Waals surface area contributed by atoms with Crippen LogP contribution in [-0.2, 0) is 22.6 Å². The van der Waals surface area contributed by atoms with Gasteiger partial charge in [0.05, 0.1) is 7.11 Å². The molecule has 0 unspecified atom stereocenters. The highest BCUT2D eigenvalue weighted by molar-refractivity contribution is 6.08. The standard InChI is InChI=1S/C28H25NO4/c1-32-28(31)26(29-27(30)25-13-7-11-22-10-5-6-12-24(22)25)18-20-14-16-23(17-15-20)33-19-21-8-3-2-4-9-21/h2-17,26H,18-19H2,1H3,(H,29,30)/t26-/m1/s1. The summed E-state index contributed by atoms with van der Waals surface area (Å²) in [6.45, 7) is 0.478. The molecule has 0 fully saturated rings. The van der Waals surface area contributed by atoms with Crippen LogP contribution in [0.15, 0.2) is 97.1 Å². The first-order valence-corrected chi connectivity index (χ1v) is 10.8. The third kappa shape index (κ3) is 5.57. The molecule has 1 amide bonds. The van der Waals surface area contributed by atoms with Gasteiger partial charge in [-0.15, -0.1) is 0 Å². The van der Waals surface area contributed by atoms with Crippen LogP contribution in [0, 0.1) is 0 Å². The zero-order chi connectivity index (χ0) is 23.0. The van der Waals surface area contributed by atoms with Gasteiger partial charge in [0.1, 0.15) is 18.4 Å². The number of esters is 1. The monoisotopic (exact) mass is 439 g/mol. The summed E-state index contributed by atoms with van der Waals surface area (Å²) in [5.74, 6) is -0.0741. The minimum atomic E-state index is -0.808. The molecule has 166 valence electrons. The molecule has 0 aromatic heterocycles. The Bertz CT molecular complexity index is 1230. The Balaban J connectivity index is 1.44. The Hall–Kier alpha value is -4.12. The number of methoxy groups -OCH3 is 1. The lowest BCUT2D eigenvalue weighted by Crippen LogP contribution is -2.43. The lowest BCUT2D eigenvalue weighted by molar-refractivity contribution is -0.142. The molecule has 0 saturated carbocycles. The van der Waals surface area contributed by atoms with Gasteiger partial charge in [-0.1, -0.05) is 78.9 Å². The van der Waals surface area contributed by atoms with Crippen molar-refractivity contribution >= 4 is 22.6 Å². The fraction of sp³-hybridized carbons (Fsp3) is 0.143. The lowest BCUT2D eigenvalue weighted by atomic mass is 10.0. The molecular formula is C28H25NO4. The van der Waals surface area contributed by atoms with E-state index in [1.54, 1.807) is 6.07 Å². The maximum atomic E-state index is 13.0. The quantitative estimate of drug-likeness (QED) is 0.395. The highest BCUT2D eigenvalue weighted by Gasteiger charge is 2.23. The molecule has 33 heavy (non-hydrogen) atoms. The number of rotatable bonds is 8. The van der Waals surface area contributed by atoms with Crippen molar-refractivity contribution in [3.63, 3.8) is 0 Å². The molecular weight excluding hydrogens is 414 g/mol. The van der Waals surface area contributed by atoms with Crippen molar-refractivity contribution in [1.82, 2.24) is 5.32 Å². The smallest absolute Gasteiger partial charge is 0.328 e. The van der Waals surface area contributed by atoms with Gasteiger partial charge in [-0.2, -0.15) is 0 Å². The maximum Gasteiger partial charge on any atom is 0.328 e. The van der Waals surface area contributed by atoms with Crippen molar-refractivity contribution in [3.05, 3.63) is 114 Å². The van der Waals surface area contributed by atoms with Crippen LogP contribution in [0.1, 0.15) is 21.5 Å². The third-order valence-electron chi connectivity index (χ3n) is 5.44. The van der Waals surface area contributed by atoms with E-state index in [0.717, 1.165) is 27.6 Å². The van der Waals surface area contributed by atoms with Crippen LogP contribution in [0.4, 0.5) is 0 Å². The number of carbonyl (C=O) groups excluding carboxylic acids is 2. The largest absolute Gasteiger partial charge is 0.489 e. The van der Waals surface area contributed by atoms with Gasteiger partial charge in [-0.25, -0.2) is 4.79 Å². The summed E-state index contributed by atoms with van der Waals surface area (Å²) in [5, 5.41) is 4.64. The predicted molar refractivity (Wildman–Crippen MR) is 128 cm³/mol. The SMILES string of the molecule is COC(=O)[C@@H](Cc1ccc(OCc2ccccc2)cc1)NC(=O)c1cccc2ccccc12. The fourth-order valence-corrected chi connectivity index (χ4v) is 3.69. The molecule has 5 nitrogen and oxygen atoms in total. The molecule has 4 rings (SSSR count). The summed E-state index contributed by atoms with van der Waals surface area (Å²) in [5.41, 5.74) is 2.49. The number of hydrogen-bond donors (Lipinski definition) is 1. The second kappa shape index (κ2) is 10.5. The van der Waals surface area contributed by atoms with Crippen molar-refractivity contribution in [2.45, 2.75) is 19.1 Å². The Morgan fingerprint density at radius 2 is 1.48 bits per heavy atom. The zero-order valence-electron chi connectivity index (χ0n) is 18.4. The van der Waals surface area contributed by atoms with Crippen molar-refractivity contribution < 1.29 is 19.1 Å². The number of amides is 1. The van der Waals surface area contributed by atoms with Crippen molar-refractivity contribution in [3.8, 4) is 5.75 Å². The summed E-state index contributed by atoms with van der Waals surface area (Å²) < 4.78 is 10.8. The third-order valence-corrected chi connectivity index (χ3v) is 5.44. The van der Waals surface area contributed by atoms with E-state index < -0.39 is 12.0 Å². The molecule has 1 atom stereocenters. The summed E-state index contributed by atoms with van der Waals surface area (Å²) in [4.78, 5) is 25.4. The Morgan fingerprint density at radius 3 is 2.24 bits per heavy atom. The van der Waals surface area contributed by atoms with Crippen LogP contribution >= 0.6 is 0 Å². The zero-order valence-corrected chi connectivity index (χ0v) is 18.4. The first kappa shape index (κ1) is 22.1. The van der Waals surface area contributed by atoms with Crippen LogP contribution in [0.2, 0.25) is 0 Å². The van der Waals surface area contributed by atoms with Crippen LogP contribution in [0.3, 0.4) is 0 Å². The number of hydrogen-bond acceptors (Lipinski definition) is 4. The second-order valence-corrected chi connectivity index (χ2v) is 7.70. The maximum absolute atomic E-state index is 13.0. The molecule has 4 aromatic rings. The molecule has 5 heteroatoms. The van der Waals surface area contributed by atoms with Crippen molar-refractivity contribution in [2.75, 3.05) is 7.11 Å². The van der Waals surface area contributed by atoms with E-state index in [9.17, 15) is 9.59 Å². The van der Waals surface area contributed by atoms with Gasteiger partial charge >= 0.3 is 5.97 Å². The van der Waals surface area contributed by atoms with E-state index in [4.69, 9.17) is 9.47 Å². The number of carbonyl (C=O) groups is 2. The van der Waals surface area contributed by atoms with E-state index >= 15 is 0 Å². The van der Waals surface area contributed by atoms with E-state index in [-0.39, 0.29) is 5.91 Å². The number of benzene rings is 4. The Kier molecular flexibility index (Phi) is 7.00. The molecule has 0 heterocycles. The van der Waals surface area contributed by atoms with E-state index in [1.807, 2.05) is 91.0 Å². The molecule has 0 aliphatic rings. The van der Waals surface area contributed by atoms with Crippen molar-refractivity contribution in [2.24, 2.45) is 0 Å². The average Bonchev–Trinajstić information content (AvgIpc) is 2.87. The topological polar surface area (TPSA) is 64.6 Å². The van der Waals surface area contributed by atoms with Gasteiger partial charge < -0.3 is 14.8 Å². The Morgan fingerprint density at radius 1 is 0.788 bits per heavy atom. The average molecular weight is 440 g/mol. The minimum absolute atomic E-state index is 0.308. The van der Waals surface area contributed by atoms with E-state index in [0.29, 0.717) is 18.6 Å². The highest BCUT2D eigenvalue weighted by Crippen LogP contribution is 2.19. The van der Waals surface area contributed by atoms with Gasteiger partial charge in [0.2, 0.25) is 0 Å². The first-order chi connectivity index (χ1) is 16.1. The van der Waals surface area contributed by atoms with Crippen LogP contribution in [0.5, 0.6) is 5.75 Å². The lowest BCUT2D eigenvalue weighted by Gasteiger charge is -2.17. The van der Waals surface area contributed by atoms with Crippen LogP contribution in [-0.4, -0.2) is 25.0 Å². The van der Waals surface area contributed by atoms with Crippen molar-refractivity contribution in [1.29, 1.82) is 0 Å². The highest BCUT2D eigenvalue weighted by atomic mass is 16.5. The number of ether oxygens (including phenoxy) is 2. The minimum Gasteiger partial charge on any atom is -0.489 e. The van der Waals surface area contributed by atoms with Gasteiger partial charge in [-0.3, -0.25) is 4.79 Å². The molecule has 0 bridgehead atoms. The molecule has 0 aliphatic heterocycles. The summed E-state index contributed by atoms with van der Waals surface area (Å²) in [6.07, 6.45) is 0.308. The van der Waals surface area contributed by atoms with Gasteiger partial charge in [0, 0.05) is 12.0 Å². The summed E-state index contributed by atoms with van der Waals surface area (Å²) >= 11 is 0. The molecule has 1 N–H and O–H groups in total. The second-order valence-electron chi connectivity index (χ2n) is 7.70. The summed E-state index contributed by atoms with van der Waals surface area (Å²) in [6, 6.07) is 29.8. The Labute approximate surface area is 193 Å². The number of nitrogens with one attached hydrogen (secondary N) is 1. The fourth-order valence-electron chi connectivity index (χ4n) is 3.69. The molecule has 0 aliphatic carbocycles. The summed E-state index contributed by atoms with van der Waals surface area (Å²) in [7, 11) is 1.32. The predicted octanol–water partition coefficient (Wildman–Crippen LogP) is 4.93. The van der Waals surface area contributed by atoms with Gasteiger partial charge in [0.25, 0.3) is 5.91 Å². The van der Waals surface area contributed by atoms with Crippen LogP contribution < -0.4 is 10.1 Å². The van der Waals surface area contributed by atoms with Gasteiger partial charge in [0.15, 0.2) is 0 Å². The molecule has 0 radical (unpaired) electrons. The first-order valence-electron chi connectivity index (χ1n) is 10.8. The normalized spacial score (nSPS) is 11.5. The molecule has 0 spiro atoms.